The minimum absolute atomic E-state index is 0.0809. The molecular weight excluding hydrogens is 224 g/mol. The van der Waals surface area contributed by atoms with Crippen LogP contribution in [0.25, 0.3) is 0 Å². The van der Waals surface area contributed by atoms with Crippen LogP contribution in [0.1, 0.15) is 31.7 Å². The average Bonchev–Trinajstić information content (AvgIpc) is 2.39. The molecular formula is C15H24N2O. The SMILES string of the molecule is CCCN(C)CCNC(=O)[C@@H](C)c1ccccc1. The highest BCUT2D eigenvalue weighted by atomic mass is 16.1. The molecule has 18 heavy (non-hydrogen) atoms. The predicted molar refractivity (Wildman–Crippen MR) is 75.7 cm³/mol. The van der Waals surface area contributed by atoms with Gasteiger partial charge in [-0.05, 0) is 32.5 Å². The predicted octanol–water partition coefficient (Wildman–Crippen LogP) is 2.25. The highest BCUT2D eigenvalue weighted by Crippen LogP contribution is 2.13. The Labute approximate surface area is 110 Å². The maximum atomic E-state index is 12.0. The third-order valence-electron chi connectivity index (χ3n) is 3.09. The Morgan fingerprint density at radius 1 is 1.28 bits per heavy atom. The number of hydrogen-bond acceptors (Lipinski definition) is 2. The van der Waals surface area contributed by atoms with Crippen LogP contribution in [0.15, 0.2) is 30.3 Å². The molecule has 0 spiro atoms. The molecule has 0 radical (unpaired) electrons. The van der Waals surface area contributed by atoms with Gasteiger partial charge in [-0.15, -0.1) is 0 Å². The summed E-state index contributed by atoms with van der Waals surface area (Å²) in [5, 5.41) is 2.99. The van der Waals surface area contributed by atoms with Crippen molar-refractivity contribution in [2.75, 3.05) is 26.7 Å². The van der Waals surface area contributed by atoms with E-state index < -0.39 is 0 Å². The van der Waals surface area contributed by atoms with Gasteiger partial charge in [0.1, 0.15) is 0 Å². The highest BCUT2D eigenvalue weighted by molar-refractivity contribution is 5.83. The zero-order chi connectivity index (χ0) is 13.4. The Morgan fingerprint density at radius 2 is 1.94 bits per heavy atom. The molecule has 0 fully saturated rings. The molecule has 1 amide bonds. The maximum absolute atomic E-state index is 12.0. The number of amides is 1. The van der Waals surface area contributed by atoms with E-state index in [9.17, 15) is 4.79 Å². The van der Waals surface area contributed by atoms with E-state index in [1.54, 1.807) is 0 Å². The Balaban J connectivity index is 2.33. The summed E-state index contributed by atoms with van der Waals surface area (Å²) in [5.41, 5.74) is 1.07. The van der Waals surface area contributed by atoms with Crippen molar-refractivity contribution in [2.45, 2.75) is 26.2 Å². The molecule has 0 unspecified atom stereocenters. The lowest BCUT2D eigenvalue weighted by Gasteiger charge is -2.17. The molecule has 0 aliphatic rings. The average molecular weight is 248 g/mol. The number of benzene rings is 1. The lowest BCUT2D eigenvalue weighted by molar-refractivity contribution is -0.122. The van der Waals surface area contributed by atoms with E-state index in [1.165, 1.54) is 0 Å². The molecule has 0 aliphatic carbocycles. The monoisotopic (exact) mass is 248 g/mol. The lowest BCUT2D eigenvalue weighted by Crippen LogP contribution is -2.35. The van der Waals surface area contributed by atoms with Crippen LogP contribution < -0.4 is 5.32 Å². The molecule has 3 nitrogen and oxygen atoms in total. The van der Waals surface area contributed by atoms with Gasteiger partial charge < -0.3 is 10.2 Å². The van der Waals surface area contributed by atoms with Crippen LogP contribution in [0.2, 0.25) is 0 Å². The number of carbonyl (C=O) groups excluding carboxylic acids is 1. The maximum Gasteiger partial charge on any atom is 0.227 e. The fourth-order valence-electron chi connectivity index (χ4n) is 1.91. The van der Waals surface area contributed by atoms with E-state index in [0.29, 0.717) is 6.54 Å². The summed E-state index contributed by atoms with van der Waals surface area (Å²) in [5.74, 6) is 0.0220. The summed E-state index contributed by atoms with van der Waals surface area (Å²) >= 11 is 0. The van der Waals surface area contributed by atoms with Crippen LogP contribution >= 0.6 is 0 Å². The topological polar surface area (TPSA) is 32.3 Å². The van der Waals surface area contributed by atoms with Gasteiger partial charge in [-0.1, -0.05) is 37.3 Å². The molecule has 0 heterocycles. The second kappa shape index (κ2) is 7.88. The number of rotatable bonds is 7. The Kier molecular flexibility index (Phi) is 6.44. The van der Waals surface area contributed by atoms with Gasteiger partial charge in [0.15, 0.2) is 0 Å². The molecule has 1 aromatic carbocycles. The number of nitrogens with one attached hydrogen (secondary N) is 1. The molecule has 1 aromatic rings. The third-order valence-corrected chi connectivity index (χ3v) is 3.09. The standard InChI is InChI=1S/C15H24N2O/c1-4-11-17(3)12-10-16-15(18)13(2)14-8-6-5-7-9-14/h5-9,13H,4,10-12H2,1-3H3,(H,16,18)/t13-/m0/s1. The Hall–Kier alpha value is -1.35. The van der Waals surface area contributed by atoms with E-state index in [4.69, 9.17) is 0 Å². The van der Waals surface area contributed by atoms with Gasteiger partial charge in [0.05, 0.1) is 5.92 Å². The largest absolute Gasteiger partial charge is 0.354 e. The van der Waals surface area contributed by atoms with E-state index in [-0.39, 0.29) is 11.8 Å². The van der Waals surface area contributed by atoms with Gasteiger partial charge in [0.25, 0.3) is 0 Å². The van der Waals surface area contributed by atoms with E-state index in [1.807, 2.05) is 37.3 Å². The van der Waals surface area contributed by atoms with E-state index in [2.05, 4.69) is 24.2 Å². The van der Waals surface area contributed by atoms with Crippen molar-refractivity contribution in [1.82, 2.24) is 10.2 Å². The molecule has 1 rings (SSSR count). The van der Waals surface area contributed by atoms with Gasteiger partial charge in [-0.3, -0.25) is 4.79 Å². The minimum Gasteiger partial charge on any atom is -0.354 e. The second-order valence-electron chi connectivity index (χ2n) is 4.73. The zero-order valence-corrected chi connectivity index (χ0v) is 11.6. The van der Waals surface area contributed by atoms with E-state index >= 15 is 0 Å². The molecule has 0 saturated heterocycles. The van der Waals surface area contributed by atoms with Crippen molar-refractivity contribution in [3.8, 4) is 0 Å². The quantitative estimate of drug-likeness (QED) is 0.802. The van der Waals surface area contributed by atoms with Gasteiger partial charge in [0.2, 0.25) is 5.91 Å². The molecule has 0 bridgehead atoms. The fraction of sp³-hybridized carbons (Fsp3) is 0.533. The summed E-state index contributed by atoms with van der Waals surface area (Å²) in [4.78, 5) is 14.2. The Bertz CT molecular complexity index is 351. The van der Waals surface area contributed by atoms with Crippen molar-refractivity contribution >= 4 is 5.91 Å². The van der Waals surface area contributed by atoms with Crippen LogP contribution in [0.4, 0.5) is 0 Å². The Morgan fingerprint density at radius 3 is 2.56 bits per heavy atom. The zero-order valence-electron chi connectivity index (χ0n) is 11.6. The first kappa shape index (κ1) is 14.7. The number of hydrogen-bond donors (Lipinski definition) is 1. The van der Waals surface area contributed by atoms with Gasteiger partial charge >= 0.3 is 0 Å². The van der Waals surface area contributed by atoms with E-state index in [0.717, 1.165) is 25.1 Å². The summed E-state index contributed by atoms with van der Waals surface area (Å²) in [7, 11) is 2.08. The minimum atomic E-state index is -0.0809. The second-order valence-corrected chi connectivity index (χ2v) is 4.73. The van der Waals surface area contributed by atoms with Gasteiger partial charge in [-0.2, -0.15) is 0 Å². The summed E-state index contributed by atoms with van der Waals surface area (Å²) in [6.45, 7) is 6.80. The van der Waals surface area contributed by atoms with Crippen LogP contribution in [0.5, 0.6) is 0 Å². The van der Waals surface area contributed by atoms with Crippen molar-refractivity contribution in [2.24, 2.45) is 0 Å². The summed E-state index contributed by atoms with van der Waals surface area (Å²) in [6, 6.07) is 9.89. The summed E-state index contributed by atoms with van der Waals surface area (Å²) in [6.07, 6.45) is 1.14. The lowest BCUT2D eigenvalue weighted by atomic mass is 10.0. The fourth-order valence-corrected chi connectivity index (χ4v) is 1.91. The molecule has 1 N–H and O–H groups in total. The van der Waals surface area contributed by atoms with Crippen molar-refractivity contribution < 1.29 is 4.79 Å². The molecule has 0 aromatic heterocycles. The molecule has 0 aliphatic heterocycles. The third kappa shape index (κ3) is 4.88. The first-order chi connectivity index (χ1) is 8.65. The van der Waals surface area contributed by atoms with Crippen molar-refractivity contribution in [3.63, 3.8) is 0 Å². The molecule has 3 heteroatoms. The van der Waals surface area contributed by atoms with Crippen molar-refractivity contribution in [1.29, 1.82) is 0 Å². The number of likely N-dealkylation sites (N-methyl/N-ethyl adjacent to an activating group) is 1. The summed E-state index contributed by atoms with van der Waals surface area (Å²) < 4.78 is 0. The normalized spacial score (nSPS) is 12.4. The first-order valence-corrected chi connectivity index (χ1v) is 6.66. The van der Waals surface area contributed by atoms with Crippen LogP contribution in [-0.4, -0.2) is 37.5 Å². The molecule has 100 valence electrons. The van der Waals surface area contributed by atoms with Crippen LogP contribution in [0, 0.1) is 0 Å². The molecule has 0 saturated carbocycles. The van der Waals surface area contributed by atoms with Crippen LogP contribution in [-0.2, 0) is 4.79 Å². The van der Waals surface area contributed by atoms with Gasteiger partial charge in [0, 0.05) is 13.1 Å². The highest BCUT2D eigenvalue weighted by Gasteiger charge is 2.13. The molecule has 1 atom stereocenters. The smallest absolute Gasteiger partial charge is 0.227 e. The van der Waals surface area contributed by atoms with Crippen LogP contribution in [0.3, 0.4) is 0 Å². The van der Waals surface area contributed by atoms with Gasteiger partial charge in [-0.25, -0.2) is 0 Å². The first-order valence-electron chi connectivity index (χ1n) is 6.66. The number of carbonyl (C=O) groups is 1. The number of nitrogens with zero attached hydrogens (tertiary/aromatic N) is 1. The van der Waals surface area contributed by atoms with Crippen molar-refractivity contribution in [3.05, 3.63) is 35.9 Å².